The molecule has 1 fully saturated rings. The summed E-state index contributed by atoms with van der Waals surface area (Å²) in [5.74, 6) is -2.65. The highest BCUT2D eigenvalue weighted by Gasteiger charge is 2.46. The lowest BCUT2D eigenvalue weighted by Crippen LogP contribution is -2.56. The van der Waals surface area contributed by atoms with E-state index in [4.69, 9.17) is 0 Å². The van der Waals surface area contributed by atoms with Crippen LogP contribution in [0.1, 0.15) is 18.7 Å². The first kappa shape index (κ1) is 13.9. The fourth-order valence-corrected chi connectivity index (χ4v) is 2.70. The van der Waals surface area contributed by atoms with Crippen molar-refractivity contribution in [3.8, 4) is 0 Å². The lowest BCUT2D eigenvalue weighted by Gasteiger charge is -2.42. The summed E-state index contributed by atoms with van der Waals surface area (Å²) in [6, 6.07) is 4.18. The average Bonchev–Trinajstić information content (AvgIpc) is 2.72. The van der Waals surface area contributed by atoms with E-state index in [0.29, 0.717) is 11.1 Å². The van der Waals surface area contributed by atoms with Gasteiger partial charge in [-0.1, -0.05) is 0 Å². The predicted molar refractivity (Wildman–Crippen MR) is 72.3 cm³/mol. The molecule has 0 spiro atoms. The fraction of sp³-hybridized carbons (Fsp3) is 0.462. The third kappa shape index (κ3) is 2.25. The molecule has 0 N–H and O–H groups in total. The molecule has 1 saturated heterocycles. The van der Waals surface area contributed by atoms with Gasteiger partial charge in [-0.2, -0.15) is 5.10 Å². The molecular weight excluding hydrogens is 282 g/mol. The van der Waals surface area contributed by atoms with Gasteiger partial charge < -0.3 is 0 Å². The van der Waals surface area contributed by atoms with Crippen molar-refractivity contribution in [2.75, 3.05) is 13.1 Å². The summed E-state index contributed by atoms with van der Waals surface area (Å²) >= 11 is 0. The number of likely N-dealkylation sites (tertiary alicyclic amines) is 1. The zero-order valence-corrected chi connectivity index (χ0v) is 11.6. The lowest BCUT2D eigenvalue weighted by molar-refractivity contribution is -0.384. The zero-order chi connectivity index (χ0) is 15.4. The number of nitro groups is 1. The molecule has 1 unspecified atom stereocenters. The summed E-state index contributed by atoms with van der Waals surface area (Å²) in [7, 11) is 1.73. The van der Waals surface area contributed by atoms with E-state index < -0.39 is 10.8 Å². The van der Waals surface area contributed by atoms with Gasteiger partial charge in [-0.05, 0) is 13.0 Å². The molecule has 1 aromatic heterocycles. The van der Waals surface area contributed by atoms with E-state index >= 15 is 0 Å². The number of benzene rings is 1. The molecule has 1 aliphatic heterocycles. The van der Waals surface area contributed by atoms with E-state index in [0.717, 1.165) is 5.52 Å². The van der Waals surface area contributed by atoms with Gasteiger partial charge >= 0.3 is 0 Å². The van der Waals surface area contributed by atoms with E-state index in [9.17, 15) is 18.9 Å². The Bertz CT molecular complexity index is 720. The van der Waals surface area contributed by atoms with E-state index in [1.165, 1.54) is 12.1 Å². The number of rotatable bonds is 3. The molecule has 2 aromatic rings. The number of nitrogens with zero attached hydrogens (tertiary/aromatic N) is 4. The van der Waals surface area contributed by atoms with Crippen molar-refractivity contribution in [3.63, 3.8) is 0 Å². The Hall–Kier alpha value is -2.09. The van der Waals surface area contributed by atoms with E-state index in [1.54, 1.807) is 29.6 Å². The zero-order valence-electron chi connectivity index (χ0n) is 11.6. The molecule has 21 heavy (non-hydrogen) atoms. The predicted octanol–water partition coefficient (Wildman–Crippen LogP) is 2.49. The molecule has 0 radical (unpaired) electrons. The maximum atomic E-state index is 13.0. The van der Waals surface area contributed by atoms with E-state index in [-0.39, 0.29) is 24.8 Å². The molecule has 1 aliphatic rings. The number of alkyl halides is 2. The summed E-state index contributed by atoms with van der Waals surface area (Å²) in [5, 5.41) is 15.9. The molecule has 0 aliphatic carbocycles. The van der Waals surface area contributed by atoms with E-state index in [1.807, 2.05) is 0 Å². The van der Waals surface area contributed by atoms with Crippen molar-refractivity contribution < 1.29 is 13.7 Å². The molecule has 3 rings (SSSR count). The maximum Gasteiger partial charge on any atom is 0.272 e. The minimum Gasteiger partial charge on any atom is -0.283 e. The van der Waals surface area contributed by atoms with Crippen LogP contribution < -0.4 is 0 Å². The molecule has 0 bridgehead atoms. The van der Waals surface area contributed by atoms with Crippen molar-refractivity contribution in [1.82, 2.24) is 14.7 Å². The Labute approximate surface area is 119 Å². The van der Waals surface area contributed by atoms with Crippen LogP contribution in [0.3, 0.4) is 0 Å². The van der Waals surface area contributed by atoms with Gasteiger partial charge in [-0.15, -0.1) is 0 Å². The third-order valence-corrected chi connectivity index (χ3v) is 3.89. The molecule has 112 valence electrons. The second kappa shape index (κ2) is 4.45. The number of halogens is 2. The van der Waals surface area contributed by atoms with Crippen LogP contribution >= 0.6 is 0 Å². The largest absolute Gasteiger partial charge is 0.283 e. The molecule has 8 heteroatoms. The Morgan fingerprint density at radius 1 is 1.43 bits per heavy atom. The standard InChI is InChI=1S/C13H14F2N4O2/c1-8(18-6-13(14,15)7-18)12-10-5-9(19(20)21)3-4-11(10)17(2)16-12/h3-5,8H,6-7H2,1-2H3. The van der Waals surface area contributed by atoms with Crippen molar-refractivity contribution in [1.29, 1.82) is 0 Å². The van der Waals surface area contributed by atoms with Crippen LogP contribution in [0.4, 0.5) is 14.5 Å². The van der Waals surface area contributed by atoms with Crippen LogP contribution in [0.15, 0.2) is 18.2 Å². The van der Waals surface area contributed by atoms with Crippen LogP contribution in [-0.4, -0.2) is 38.6 Å². The highest BCUT2D eigenvalue weighted by Crippen LogP contribution is 2.36. The number of hydrogen-bond donors (Lipinski definition) is 0. The van der Waals surface area contributed by atoms with Crippen LogP contribution in [0, 0.1) is 10.1 Å². The first-order valence-corrected chi connectivity index (χ1v) is 6.51. The van der Waals surface area contributed by atoms with Gasteiger partial charge in [0.1, 0.15) is 0 Å². The number of non-ortho nitro benzene ring substituents is 1. The van der Waals surface area contributed by atoms with Gasteiger partial charge in [0.2, 0.25) is 0 Å². The SMILES string of the molecule is CC(c1nn(C)c2ccc([N+](=O)[O-])cc12)N1CC(F)(F)C1. The van der Waals surface area contributed by atoms with Crippen molar-refractivity contribution in [3.05, 3.63) is 34.0 Å². The monoisotopic (exact) mass is 296 g/mol. The molecular formula is C13H14F2N4O2. The average molecular weight is 296 g/mol. The number of hydrogen-bond acceptors (Lipinski definition) is 4. The van der Waals surface area contributed by atoms with Crippen LogP contribution in [-0.2, 0) is 7.05 Å². The first-order valence-electron chi connectivity index (χ1n) is 6.51. The highest BCUT2D eigenvalue weighted by atomic mass is 19.3. The Morgan fingerprint density at radius 2 is 2.10 bits per heavy atom. The van der Waals surface area contributed by atoms with Gasteiger partial charge in [0, 0.05) is 24.6 Å². The summed E-state index contributed by atoms with van der Waals surface area (Å²) in [6.07, 6.45) is 0. The second-order valence-electron chi connectivity index (χ2n) is 5.40. The minimum atomic E-state index is -2.65. The fourth-order valence-electron chi connectivity index (χ4n) is 2.70. The van der Waals surface area contributed by atoms with Crippen LogP contribution in [0.25, 0.3) is 10.9 Å². The summed E-state index contributed by atoms with van der Waals surface area (Å²) in [5.41, 5.74) is 1.30. The molecule has 1 aromatic carbocycles. The topological polar surface area (TPSA) is 64.2 Å². The quantitative estimate of drug-likeness (QED) is 0.645. The number of aryl methyl sites for hydroxylation is 1. The summed E-state index contributed by atoms with van der Waals surface area (Å²) < 4.78 is 27.6. The van der Waals surface area contributed by atoms with Gasteiger partial charge in [0.15, 0.2) is 0 Å². The molecule has 0 saturated carbocycles. The number of aromatic nitrogens is 2. The maximum absolute atomic E-state index is 13.0. The smallest absolute Gasteiger partial charge is 0.272 e. The Balaban J connectivity index is 2.01. The highest BCUT2D eigenvalue weighted by molar-refractivity contribution is 5.84. The summed E-state index contributed by atoms with van der Waals surface area (Å²) in [6.45, 7) is 1.18. The van der Waals surface area contributed by atoms with Crippen molar-refractivity contribution in [2.45, 2.75) is 18.9 Å². The third-order valence-electron chi connectivity index (χ3n) is 3.89. The van der Waals surface area contributed by atoms with Gasteiger partial charge in [0.05, 0.1) is 35.3 Å². The molecule has 6 nitrogen and oxygen atoms in total. The first-order chi connectivity index (χ1) is 9.78. The minimum absolute atomic E-state index is 0.0297. The normalized spacial score (nSPS) is 19.4. The molecule has 2 heterocycles. The Kier molecular flexibility index (Phi) is 2.94. The Morgan fingerprint density at radius 3 is 2.67 bits per heavy atom. The number of nitro benzene ring substituents is 1. The summed E-state index contributed by atoms with van der Waals surface area (Å²) in [4.78, 5) is 12.0. The molecule has 0 amide bonds. The van der Waals surface area contributed by atoms with Crippen molar-refractivity contribution in [2.24, 2.45) is 7.05 Å². The lowest BCUT2D eigenvalue weighted by atomic mass is 10.0. The van der Waals surface area contributed by atoms with E-state index in [2.05, 4.69) is 5.10 Å². The van der Waals surface area contributed by atoms with Gasteiger partial charge in [-0.25, -0.2) is 8.78 Å². The van der Waals surface area contributed by atoms with Crippen LogP contribution in [0.2, 0.25) is 0 Å². The number of fused-ring (bicyclic) bond motifs is 1. The second-order valence-corrected chi connectivity index (χ2v) is 5.40. The van der Waals surface area contributed by atoms with Gasteiger partial charge in [0.25, 0.3) is 11.6 Å². The van der Waals surface area contributed by atoms with Gasteiger partial charge in [-0.3, -0.25) is 19.7 Å². The van der Waals surface area contributed by atoms with Crippen LogP contribution in [0.5, 0.6) is 0 Å². The molecule has 1 atom stereocenters. The van der Waals surface area contributed by atoms with Crippen molar-refractivity contribution >= 4 is 16.6 Å².